The highest BCUT2D eigenvalue weighted by Crippen LogP contribution is 2.18. The Balaban J connectivity index is 2.41. The maximum atomic E-state index is 11.3. The van der Waals surface area contributed by atoms with E-state index >= 15 is 0 Å². The predicted octanol–water partition coefficient (Wildman–Crippen LogP) is 1.58. The third-order valence-electron chi connectivity index (χ3n) is 2.33. The van der Waals surface area contributed by atoms with Gasteiger partial charge in [-0.05, 0) is 19.3 Å². The smallest absolute Gasteiger partial charge is 0.223 e. The molecule has 70 valence electrons. The maximum absolute atomic E-state index is 11.3. The molecule has 0 aromatic rings. The van der Waals surface area contributed by atoms with Gasteiger partial charge in [0, 0.05) is 13.0 Å². The van der Waals surface area contributed by atoms with Gasteiger partial charge in [0.2, 0.25) is 5.91 Å². The Morgan fingerprint density at radius 1 is 1.77 bits per heavy atom. The Kier molecular flexibility index (Phi) is 3.57. The molecular formula is C11H15NO. The summed E-state index contributed by atoms with van der Waals surface area (Å²) < 4.78 is 0. The Hall–Kier alpha value is -1.23. The molecule has 2 heteroatoms. The predicted molar refractivity (Wildman–Crippen MR) is 53.0 cm³/mol. The van der Waals surface area contributed by atoms with Gasteiger partial charge in [0.25, 0.3) is 0 Å². The standard InChI is InChI=1S/C11H15NO/c1-3-5-6-9-12-10(4-2)7-8-11(12)13/h2-3,10H,1,5-9H2/t10-/m0/s1. The molecule has 1 heterocycles. The molecular weight excluding hydrogens is 162 g/mol. The summed E-state index contributed by atoms with van der Waals surface area (Å²) in [6, 6.07) is 0.0392. The molecule has 1 fully saturated rings. The monoisotopic (exact) mass is 177 g/mol. The summed E-state index contributed by atoms with van der Waals surface area (Å²) in [6.07, 6.45) is 10.5. The topological polar surface area (TPSA) is 20.3 Å². The minimum absolute atomic E-state index is 0.0392. The first-order valence-electron chi connectivity index (χ1n) is 4.66. The number of terminal acetylenes is 1. The second-order valence-electron chi connectivity index (χ2n) is 3.24. The van der Waals surface area contributed by atoms with E-state index in [0.29, 0.717) is 6.42 Å². The third kappa shape index (κ3) is 2.35. The van der Waals surface area contributed by atoms with E-state index in [2.05, 4.69) is 12.5 Å². The molecule has 0 radical (unpaired) electrons. The second-order valence-corrected chi connectivity index (χ2v) is 3.24. The van der Waals surface area contributed by atoms with Gasteiger partial charge in [-0.25, -0.2) is 0 Å². The van der Waals surface area contributed by atoms with Crippen LogP contribution < -0.4 is 0 Å². The Morgan fingerprint density at radius 3 is 3.15 bits per heavy atom. The number of hydrogen-bond donors (Lipinski definition) is 0. The van der Waals surface area contributed by atoms with Crippen LogP contribution in [-0.4, -0.2) is 23.4 Å². The van der Waals surface area contributed by atoms with Crippen molar-refractivity contribution in [2.24, 2.45) is 0 Å². The summed E-state index contributed by atoms with van der Waals surface area (Å²) >= 11 is 0. The molecule has 1 saturated heterocycles. The summed E-state index contributed by atoms with van der Waals surface area (Å²) in [4.78, 5) is 13.2. The SMILES string of the molecule is C#C[C@H]1CCC(=O)N1CCCC=C. The fourth-order valence-electron chi connectivity index (χ4n) is 1.59. The number of rotatable bonds is 4. The van der Waals surface area contributed by atoms with Gasteiger partial charge in [-0.3, -0.25) is 4.79 Å². The molecule has 0 N–H and O–H groups in total. The Bertz CT molecular complexity index is 239. The van der Waals surface area contributed by atoms with Crippen LogP contribution in [0.1, 0.15) is 25.7 Å². The number of allylic oxidation sites excluding steroid dienone is 1. The van der Waals surface area contributed by atoms with Crippen LogP contribution >= 0.6 is 0 Å². The van der Waals surface area contributed by atoms with Crippen LogP contribution in [0.4, 0.5) is 0 Å². The molecule has 1 aliphatic rings. The van der Waals surface area contributed by atoms with Gasteiger partial charge in [-0.15, -0.1) is 13.0 Å². The molecule has 13 heavy (non-hydrogen) atoms. The minimum atomic E-state index is 0.0392. The molecule has 0 spiro atoms. The van der Waals surface area contributed by atoms with Gasteiger partial charge in [-0.1, -0.05) is 12.0 Å². The number of nitrogens with zero attached hydrogens (tertiary/aromatic N) is 1. The second kappa shape index (κ2) is 4.71. The van der Waals surface area contributed by atoms with Crippen molar-refractivity contribution >= 4 is 5.91 Å². The van der Waals surface area contributed by atoms with Gasteiger partial charge in [0.05, 0.1) is 6.04 Å². The average Bonchev–Trinajstić information content (AvgIpc) is 2.48. The molecule has 2 nitrogen and oxygen atoms in total. The van der Waals surface area contributed by atoms with Crippen molar-refractivity contribution in [1.82, 2.24) is 4.90 Å². The first kappa shape index (κ1) is 9.85. The van der Waals surface area contributed by atoms with Crippen LogP contribution in [0.25, 0.3) is 0 Å². The molecule has 1 aliphatic heterocycles. The van der Waals surface area contributed by atoms with Crippen LogP contribution in [0.2, 0.25) is 0 Å². The van der Waals surface area contributed by atoms with Crippen molar-refractivity contribution in [3.63, 3.8) is 0 Å². The van der Waals surface area contributed by atoms with Crippen molar-refractivity contribution in [1.29, 1.82) is 0 Å². The van der Waals surface area contributed by atoms with Crippen molar-refractivity contribution in [2.45, 2.75) is 31.7 Å². The van der Waals surface area contributed by atoms with E-state index in [1.165, 1.54) is 0 Å². The van der Waals surface area contributed by atoms with E-state index in [9.17, 15) is 4.79 Å². The summed E-state index contributed by atoms with van der Waals surface area (Å²) in [5.74, 6) is 2.85. The molecule has 0 bridgehead atoms. The Morgan fingerprint density at radius 2 is 2.54 bits per heavy atom. The summed E-state index contributed by atoms with van der Waals surface area (Å²) in [6.45, 7) is 4.42. The van der Waals surface area contributed by atoms with Gasteiger partial charge >= 0.3 is 0 Å². The molecule has 0 aromatic carbocycles. The average molecular weight is 177 g/mol. The molecule has 1 rings (SSSR count). The van der Waals surface area contributed by atoms with Gasteiger partial charge < -0.3 is 4.90 Å². The van der Waals surface area contributed by atoms with E-state index in [1.807, 2.05) is 11.0 Å². The summed E-state index contributed by atoms with van der Waals surface area (Å²) in [5.41, 5.74) is 0. The van der Waals surface area contributed by atoms with Crippen LogP contribution in [0.15, 0.2) is 12.7 Å². The summed E-state index contributed by atoms with van der Waals surface area (Å²) in [5, 5.41) is 0. The quantitative estimate of drug-likeness (QED) is 0.362. The van der Waals surface area contributed by atoms with Crippen LogP contribution in [0.3, 0.4) is 0 Å². The maximum Gasteiger partial charge on any atom is 0.223 e. The summed E-state index contributed by atoms with van der Waals surface area (Å²) in [7, 11) is 0. The van der Waals surface area contributed by atoms with Crippen molar-refractivity contribution in [3.05, 3.63) is 12.7 Å². The Labute approximate surface area is 79.6 Å². The van der Waals surface area contributed by atoms with E-state index in [0.717, 1.165) is 25.8 Å². The highest BCUT2D eigenvalue weighted by Gasteiger charge is 2.28. The molecule has 1 atom stereocenters. The van der Waals surface area contributed by atoms with Crippen molar-refractivity contribution < 1.29 is 4.79 Å². The zero-order valence-electron chi connectivity index (χ0n) is 7.83. The van der Waals surface area contributed by atoms with Crippen molar-refractivity contribution in [2.75, 3.05) is 6.54 Å². The number of carbonyl (C=O) groups is 1. The first-order chi connectivity index (χ1) is 6.29. The highest BCUT2D eigenvalue weighted by atomic mass is 16.2. The van der Waals surface area contributed by atoms with Gasteiger partial charge in [0.1, 0.15) is 0 Å². The largest absolute Gasteiger partial charge is 0.329 e. The van der Waals surface area contributed by atoms with Gasteiger partial charge in [0.15, 0.2) is 0 Å². The lowest BCUT2D eigenvalue weighted by atomic mass is 10.2. The van der Waals surface area contributed by atoms with Crippen molar-refractivity contribution in [3.8, 4) is 12.3 Å². The number of amides is 1. The van der Waals surface area contributed by atoms with E-state index in [-0.39, 0.29) is 11.9 Å². The highest BCUT2D eigenvalue weighted by molar-refractivity contribution is 5.79. The molecule has 0 aromatic heterocycles. The number of likely N-dealkylation sites (tertiary alicyclic amines) is 1. The number of carbonyl (C=O) groups excluding carboxylic acids is 1. The number of hydrogen-bond acceptors (Lipinski definition) is 1. The lowest BCUT2D eigenvalue weighted by Crippen LogP contribution is -2.32. The van der Waals surface area contributed by atoms with Crippen LogP contribution in [0, 0.1) is 12.3 Å². The fourth-order valence-corrected chi connectivity index (χ4v) is 1.59. The van der Waals surface area contributed by atoms with E-state index < -0.39 is 0 Å². The fraction of sp³-hybridized carbons (Fsp3) is 0.545. The zero-order chi connectivity index (χ0) is 9.68. The lowest BCUT2D eigenvalue weighted by molar-refractivity contribution is -0.128. The normalized spacial score (nSPS) is 21.6. The molecule has 0 saturated carbocycles. The molecule has 0 unspecified atom stereocenters. The lowest BCUT2D eigenvalue weighted by Gasteiger charge is -2.20. The molecule has 1 amide bonds. The zero-order valence-corrected chi connectivity index (χ0v) is 7.83. The van der Waals surface area contributed by atoms with E-state index in [1.54, 1.807) is 0 Å². The first-order valence-corrected chi connectivity index (χ1v) is 4.66. The molecule has 0 aliphatic carbocycles. The van der Waals surface area contributed by atoms with Crippen LogP contribution in [0.5, 0.6) is 0 Å². The van der Waals surface area contributed by atoms with Crippen LogP contribution in [-0.2, 0) is 4.79 Å². The number of unbranched alkanes of at least 4 members (excludes halogenated alkanes) is 1. The van der Waals surface area contributed by atoms with E-state index in [4.69, 9.17) is 6.42 Å². The minimum Gasteiger partial charge on any atom is -0.329 e. The third-order valence-corrected chi connectivity index (χ3v) is 2.33. The van der Waals surface area contributed by atoms with Gasteiger partial charge in [-0.2, -0.15) is 0 Å².